The molecule has 0 unspecified atom stereocenters. The van der Waals surface area contributed by atoms with Gasteiger partial charge in [0, 0.05) is 18.4 Å². The molecular weight excluding hydrogens is 244 g/mol. The van der Waals surface area contributed by atoms with Gasteiger partial charge in [-0.15, -0.1) is 6.58 Å². The van der Waals surface area contributed by atoms with Gasteiger partial charge in [0.15, 0.2) is 0 Å². The Kier molecular flexibility index (Phi) is 4.53. The highest BCUT2D eigenvalue weighted by molar-refractivity contribution is 5.63. The molecule has 0 saturated carbocycles. The Balaban J connectivity index is 2.39. The topological polar surface area (TPSA) is 6.48 Å². The predicted octanol–water partition coefficient (Wildman–Crippen LogP) is 4.47. The van der Waals surface area contributed by atoms with Crippen molar-refractivity contribution in [2.75, 3.05) is 18.1 Å². The van der Waals surface area contributed by atoms with Gasteiger partial charge in [0.05, 0.1) is 12.9 Å². The molecule has 107 valence electrons. The van der Waals surface area contributed by atoms with Crippen LogP contribution < -0.4 is 4.90 Å². The van der Waals surface area contributed by atoms with Crippen molar-refractivity contribution in [3.05, 3.63) is 54.4 Å². The summed E-state index contributed by atoms with van der Waals surface area (Å²) < 4.78 is 0. The fraction of sp³-hybridized carbons (Fsp3) is 0.444. The van der Waals surface area contributed by atoms with Gasteiger partial charge in [0.25, 0.3) is 0 Å². The normalized spacial score (nSPS) is 14.7. The second-order valence-corrected chi connectivity index (χ2v) is 5.98. The van der Waals surface area contributed by atoms with Gasteiger partial charge in [0.2, 0.25) is 0 Å². The SMILES string of the molecule is C=CCN1C=[C]N(c2c(C(C)C)cccc2C(C)C)C1. The van der Waals surface area contributed by atoms with Gasteiger partial charge >= 0.3 is 0 Å². The summed E-state index contributed by atoms with van der Waals surface area (Å²) >= 11 is 0. The zero-order valence-corrected chi connectivity index (χ0v) is 13.1. The number of benzene rings is 1. The summed E-state index contributed by atoms with van der Waals surface area (Å²) in [7, 11) is 0. The standard InChI is InChI=1S/C18H25N2/c1-6-10-19-11-12-20(13-19)18-16(14(2)3)8-7-9-17(18)15(4)5/h6-9,11,14-15H,1,10,13H2,2-5H3. The van der Waals surface area contributed by atoms with Crippen molar-refractivity contribution in [3.8, 4) is 0 Å². The third kappa shape index (κ3) is 2.90. The van der Waals surface area contributed by atoms with Crippen LogP contribution in [0.1, 0.15) is 50.7 Å². The lowest BCUT2D eigenvalue weighted by atomic mass is 9.92. The molecule has 0 saturated heterocycles. The zero-order valence-electron chi connectivity index (χ0n) is 13.1. The highest BCUT2D eigenvalue weighted by Gasteiger charge is 2.22. The lowest BCUT2D eigenvalue weighted by molar-refractivity contribution is 0.450. The van der Waals surface area contributed by atoms with E-state index < -0.39 is 0 Å². The van der Waals surface area contributed by atoms with Crippen molar-refractivity contribution in [1.82, 2.24) is 4.90 Å². The fourth-order valence-electron chi connectivity index (χ4n) is 2.65. The molecule has 0 spiro atoms. The summed E-state index contributed by atoms with van der Waals surface area (Å²) in [6.45, 7) is 14.5. The molecule has 0 amide bonds. The molecule has 2 rings (SSSR count). The Morgan fingerprint density at radius 2 is 1.80 bits per heavy atom. The first-order chi connectivity index (χ1) is 9.54. The minimum absolute atomic E-state index is 0.513. The maximum absolute atomic E-state index is 3.81. The Morgan fingerprint density at radius 1 is 1.20 bits per heavy atom. The Morgan fingerprint density at radius 3 is 2.30 bits per heavy atom. The molecule has 1 heterocycles. The molecule has 0 fully saturated rings. The third-order valence-electron chi connectivity index (χ3n) is 3.70. The molecule has 0 bridgehead atoms. The van der Waals surface area contributed by atoms with Crippen molar-refractivity contribution < 1.29 is 0 Å². The number of rotatable bonds is 5. The average Bonchev–Trinajstić information content (AvgIpc) is 2.86. The Labute approximate surface area is 123 Å². The predicted molar refractivity (Wildman–Crippen MR) is 86.7 cm³/mol. The van der Waals surface area contributed by atoms with Crippen LogP contribution in [-0.2, 0) is 0 Å². The van der Waals surface area contributed by atoms with E-state index in [1.165, 1.54) is 16.8 Å². The van der Waals surface area contributed by atoms with Gasteiger partial charge in [-0.1, -0.05) is 52.0 Å². The van der Waals surface area contributed by atoms with E-state index in [-0.39, 0.29) is 0 Å². The molecule has 0 aromatic heterocycles. The average molecular weight is 269 g/mol. The van der Waals surface area contributed by atoms with E-state index in [2.05, 4.69) is 68.5 Å². The van der Waals surface area contributed by atoms with Crippen LogP contribution in [0.3, 0.4) is 0 Å². The van der Waals surface area contributed by atoms with Gasteiger partial charge in [-0.25, -0.2) is 0 Å². The maximum Gasteiger partial charge on any atom is 0.0952 e. The summed E-state index contributed by atoms with van der Waals surface area (Å²) in [5.74, 6) is 1.03. The zero-order chi connectivity index (χ0) is 14.7. The lowest BCUT2D eigenvalue weighted by Gasteiger charge is -2.27. The van der Waals surface area contributed by atoms with Gasteiger partial charge in [-0.2, -0.15) is 0 Å². The maximum atomic E-state index is 3.81. The second kappa shape index (κ2) is 6.17. The van der Waals surface area contributed by atoms with Crippen molar-refractivity contribution >= 4 is 5.69 Å². The molecular formula is C18H25N2. The van der Waals surface area contributed by atoms with Crippen molar-refractivity contribution in [2.45, 2.75) is 39.5 Å². The number of nitrogens with zero attached hydrogens (tertiary/aromatic N) is 2. The number of hydrogen-bond acceptors (Lipinski definition) is 2. The largest absolute Gasteiger partial charge is 0.354 e. The van der Waals surface area contributed by atoms with Crippen LogP contribution in [0.4, 0.5) is 5.69 Å². The minimum atomic E-state index is 0.513. The van der Waals surface area contributed by atoms with Crippen LogP contribution in [-0.4, -0.2) is 18.1 Å². The van der Waals surface area contributed by atoms with Gasteiger partial charge in [0.1, 0.15) is 0 Å². The monoisotopic (exact) mass is 269 g/mol. The molecule has 20 heavy (non-hydrogen) atoms. The van der Waals surface area contributed by atoms with E-state index in [1.807, 2.05) is 12.3 Å². The van der Waals surface area contributed by atoms with Crippen LogP contribution in [0.2, 0.25) is 0 Å². The molecule has 0 aliphatic carbocycles. The fourth-order valence-corrected chi connectivity index (χ4v) is 2.65. The Bertz CT molecular complexity index is 474. The smallest absolute Gasteiger partial charge is 0.0952 e. The van der Waals surface area contributed by atoms with Crippen LogP contribution in [0.15, 0.2) is 37.1 Å². The molecule has 0 N–H and O–H groups in total. The van der Waals surface area contributed by atoms with Gasteiger partial charge in [-0.05, 0) is 23.0 Å². The number of hydrogen-bond donors (Lipinski definition) is 0. The van der Waals surface area contributed by atoms with Crippen LogP contribution in [0, 0.1) is 6.20 Å². The summed E-state index contributed by atoms with van der Waals surface area (Å²) in [4.78, 5) is 4.46. The van der Waals surface area contributed by atoms with Crippen LogP contribution in [0.5, 0.6) is 0 Å². The first-order valence-corrected chi connectivity index (χ1v) is 7.39. The quantitative estimate of drug-likeness (QED) is 0.727. The van der Waals surface area contributed by atoms with E-state index in [0.717, 1.165) is 13.2 Å². The van der Waals surface area contributed by atoms with Gasteiger partial charge in [-0.3, -0.25) is 0 Å². The second-order valence-electron chi connectivity index (χ2n) is 5.98. The molecule has 1 aromatic carbocycles. The van der Waals surface area contributed by atoms with E-state index >= 15 is 0 Å². The molecule has 2 nitrogen and oxygen atoms in total. The highest BCUT2D eigenvalue weighted by Crippen LogP contribution is 2.36. The van der Waals surface area contributed by atoms with Crippen LogP contribution in [0.25, 0.3) is 0 Å². The van der Waals surface area contributed by atoms with Crippen molar-refractivity contribution in [1.29, 1.82) is 0 Å². The van der Waals surface area contributed by atoms with Gasteiger partial charge < -0.3 is 9.80 Å². The lowest BCUT2D eigenvalue weighted by Crippen LogP contribution is -2.27. The van der Waals surface area contributed by atoms with Crippen LogP contribution >= 0.6 is 0 Å². The van der Waals surface area contributed by atoms with E-state index in [4.69, 9.17) is 0 Å². The molecule has 1 radical (unpaired) electrons. The first-order valence-electron chi connectivity index (χ1n) is 7.39. The van der Waals surface area contributed by atoms with E-state index in [1.54, 1.807) is 0 Å². The van der Waals surface area contributed by atoms with Crippen molar-refractivity contribution in [3.63, 3.8) is 0 Å². The van der Waals surface area contributed by atoms with Crippen molar-refractivity contribution in [2.24, 2.45) is 0 Å². The number of para-hydroxylation sites is 1. The summed E-state index contributed by atoms with van der Waals surface area (Å²) in [5, 5.41) is 0. The number of anilines is 1. The summed E-state index contributed by atoms with van der Waals surface area (Å²) in [5.41, 5.74) is 4.13. The Hall–Kier alpha value is -1.70. The summed E-state index contributed by atoms with van der Waals surface area (Å²) in [6, 6.07) is 6.66. The molecule has 1 aliphatic rings. The van der Waals surface area contributed by atoms with E-state index in [9.17, 15) is 0 Å². The molecule has 2 heteroatoms. The minimum Gasteiger partial charge on any atom is -0.354 e. The molecule has 0 atom stereocenters. The molecule has 1 aliphatic heterocycles. The third-order valence-corrected chi connectivity index (χ3v) is 3.70. The highest BCUT2D eigenvalue weighted by atomic mass is 15.3. The summed E-state index contributed by atoms with van der Waals surface area (Å²) in [6.07, 6.45) is 7.35. The van der Waals surface area contributed by atoms with E-state index in [0.29, 0.717) is 11.8 Å². The molecule has 1 aromatic rings. The first kappa shape index (κ1) is 14.7.